The highest BCUT2D eigenvalue weighted by molar-refractivity contribution is 5.21. The van der Waals surface area contributed by atoms with Gasteiger partial charge < -0.3 is 9.73 Å². The first-order valence-electron chi connectivity index (χ1n) is 8.57. The first-order chi connectivity index (χ1) is 10.1. The van der Waals surface area contributed by atoms with Crippen molar-refractivity contribution in [3.63, 3.8) is 0 Å². The molecule has 0 radical (unpaired) electrons. The van der Waals surface area contributed by atoms with Crippen molar-refractivity contribution in [2.75, 3.05) is 13.6 Å². The predicted octanol–water partition coefficient (Wildman–Crippen LogP) is 4.10. The van der Waals surface area contributed by atoms with Crippen LogP contribution in [0.2, 0.25) is 0 Å². The van der Waals surface area contributed by atoms with Crippen LogP contribution in [0.1, 0.15) is 63.0 Å². The molecule has 1 saturated carbocycles. The van der Waals surface area contributed by atoms with E-state index >= 15 is 0 Å². The van der Waals surface area contributed by atoms with Crippen LogP contribution in [0, 0.1) is 12.8 Å². The van der Waals surface area contributed by atoms with Crippen molar-refractivity contribution in [1.29, 1.82) is 0 Å². The van der Waals surface area contributed by atoms with E-state index in [4.69, 9.17) is 4.42 Å². The summed E-state index contributed by atoms with van der Waals surface area (Å²) in [7, 11) is 1.96. The molecule has 1 aromatic rings. The second-order valence-electron chi connectivity index (χ2n) is 6.92. The van der Waals surface area contributed by atoms with Crippen LogP contribution in [0.25, 0.3) is 0 Å². The minimum absolute atomic E-state index is 0.777. The Morgan fingerprint density at radius 1 is 1.33 bits per heavy atom. The van der Waals surface area contributed by atoms with E-state index < -0.39 is 0 Å². The van der Waals surface area contributed by atoms with Crippen LogP contribution in [-0.4, -0.2) is 24.5 Å². The number of hydrogen-bond donors (Lipinski definition) is 1. The summed E-state index contributed by atoms with van der Waals surface area (Å²) >= 11 is 0. The maximum absolute atomic E-state index is 5.86. The van der Waals surface area contributed by atoms with Crippen molar-refractivity contribution in [2.45, 2.75) is 72.0 Å². The third-order valence-corrected chi connectivity index (χ3v) is 4.63. The summed E-state index contributed by atoms with van der Waals surface area (Å²) in [6.07, 6.45) is 6.84. The van der Waals surface area contributed by atoms with Gasteiger partial charge in [-0.3, -0.25) is 4.90 Å². The fourth-order valence-electron chi connectivity index (χ4n) is 3.31. The Kier molecular flexibility index (Phi) is 6.31. The number of rotatable bonds is 8. The minimum atomic E-state index is 0.777. The van der Waals surface area contributed by atoms with Gasteiger partial charge in [-0.25, -0.2) is 0 Å². The fraction of sp³-hybridized carbons (Fsp3) is 0.778. The molecule has 0 aliphatic heterocycles. The maximum atomic E-state index is 5.86. The summed E-state index contributed by atoms with van der Waals surface area (Å²) in [5, 5.41) is 3.17. The smallest absolute Gasteiger partial charge is 0.118 e. The van der Waals surface area contributed by atoms with E-state index in [-0.39, 0.29) is 0 Å². The van der Waals surface area contributed by atoms with Crippen molar-refractivity contribution in [1.82, 2.24) is 10.2 Å². The largest absolute Gasteiger partial charge is 0.465 e. The lowest BCUT2D eigenvalue weighted by Gasteiger charge is -2.29. The molecule has 3 heteroatoms. The number of furan rings is 1. The quantitative estimate of drug-likeness (QED) is 0.782. The Bertz CT molecular complexity index is 419. The number of nitrogens with zero attached hydrogens (tertiary/aromatic N) is 1. The molecule has 1 fully saturated rings. The Morgan fingerprint density at radius 2 is 2.05 bits per heavy atom. The summed E-state index contributed by atoms with van der Waals surface area (Å²) in [6.45, 7) is 9.83. The third kappa shape index (κ3) is 4.86. The Balaban J connectivity index is 2.02. The van der Waals surface area contributed by atoms with Crippen molar-refractivity contribution >= 4 is 0 Å². The van der Waals surface area contributed by atoms with Crippen LogP contribution < -0.4 is 5.32 Å². The average Bonchev–Trinajstić information content (AvgIpc) is 3.05. The van der Waals surface area contributed by atoms with Gasteiger partial charge in [-0.1, -0.05) is 26.7 Å². The van der Waals surface area contributed by atoms with Crippen LogP contribution in [-0.2, 0) is 13.1 Å². The highest BCUT2D eigenvalue weighted by atomic mass is 16.3. The van der Waals surface area contributed by atoms with Crippen LogP contribution in [0.5, 0.6) is 0 Å². The number of aryl methyl sites for hydroxylation is 1. The Morgan fingerprint density at radius 3 is 2.67 bits per heavy atom. The molecule has 1 aliphatic carbocycles. The first-order valence-corrected chi connectivity index (χ1v) is 8.57. The predicted molar refractivity (Wildman–Crippen MR) is 88.3 cm³/mol. The molecule has 0 saturated heterocycles. The zero-order valence-corrected chi connectivity index (χ0v) is 14.2. The van der Waals surface area contributed by atoms with E-state index in [1.54, 1.807) is 0 Å². The van der Waals surface area contributed by atoms with Crippen molar-refractivity contribution in [3.8, 4) is 0 Å². The standard InChI is InChI=1S/C18H32N2O/c1-14(2)9-10-20(17-7-5-6-8-17)13-16-11-18(12-19-4)21-15(16)3/h11,14,17,19H,5-10,12-13H2,1-4H3. The molecular weight excluding hydrogens is 260 g/mol. The first kappa shape index (κ1) is 16.6. The van der Waals surface area contributed by atoms with E-state index in [0.29, 0.717) is 0 Å². The van der Waals surface area contributed by atoms with Gasteiger partial charge in [0.25, 0.3) is 0 Å². The van der Waals surface area contributed by atoms with Gasteiger partial charge in [-0.15, -0.1) is 0 Å². The summed E-state index contributed by atoms with van der Waals surface area (Å²) < 4.78 is 5.86. The third-order valence-electron chi connectivity index (χ3n) is 4.63. The highest BCUT2D eigenvalue weighted by Crippen LogP contribution is 2.27. The molecule has 0 unspecified atom stereocenters. The molecule has 0 aromatic carbocycles. The number of hydrogen-bond acceptors (Lipinski definition) is 3. The molecule has 120 valence electrons. The van der Waals surface area contributed by atoms with Gasteiger partial charge in [0.05, 0.1) is 6.54 Å². The van der Waals surface area contributed by atoms with E-state index in [0.717, 1.165) is 36.6 Å². The lowest BCUT2D eigenvalue weighted by atomic mass is 10.1. The SMILES string of the molecule is CNCc1cc(CN(CCC(C)C)C2CCCC2)c(C)o1. The van der Waals surface area contributed by atoms with Gasteiger partial charge in [0, 0.05) is 18.2 Å². The van der Waals surface area contributed by atoms with Gasteiger partial charge >= 0.3 is 0 Å². The molecule has 0 spiro atoms. The highest BCUT2D eigenvalue weighted by Gasteiger charge is 2.23. The molecule has 1 heterocycles. The molecule has 1 aliphatic rings. The van der Waals surface area contributed by atoms with Crippen LogP contribution >= 0.6 is 0 Å². The second kappa shape index (κ2) is 8.00. The summed E-state index contributed by atoms with van der Waals surface area (Å²) in [5.41, 5.74) is 1.37. The van der Waals surface area contributed by atoms with Crippen LogP contribution in [0.3, 0.4) is 0 Å². The Hall–Kier alpha value is -0.800. The van der Waals surface area contributed by atoms with E-state index in [1.165, 1.54) is 44.2 Å². The molecule has 0 amide bonds. The van der Waals surface area contributed by atoms with Gasteiger partial charge in [-0.2, -0.15) is 0 Å². The molecule has 3 nitrogen and oxygen atoms in total. The molecule has 2 rings (SSSR count). The maximum Gasteiger partial charge on any atom is 0.118 e. The monoisotopic (exact) mass is 292 g/mol. The summed E-state index contributed by atoms with van der Waals surface area (Å²) in [5.74, 6) is 2.92. The molecule has 0 bridgehead atoms. The number of nitrogens with one attached hydrogen (secondary N) is 1. The van der Waals surface area contributed by atoms with Crippen molar-refractivity contribution in [2.24, 2.45) is 5.92 Å². The minimum Gasteiger partial charge on any atom is -0.465 e. The van der Waals surface area contributed by atoms with Gasteiger partial charge in [0.1, 0.15) is 11.5 Å². The fourth-order valence-corrected chi connectivity index (χ4v) is 3.31. The normalized spacial score (nSPS) is 16.5. The second-order valence-corrected chi connectivity index (χ2v) is 6.92. The summed E-state index contributed by atoms with van der Waals surface area (Å²) in [4.78, 5) is 2.70. The van der Waals surface area contributed by atoms with Crippen LogP contribution in [0.4, 0.5) is 0 Å². The van der Waals surface area contributed by atoms with E-state index in [1.807, 2.05) is 7.05 Å². The van der Waals surface area contributed by atoms with Crippen molar-refractivity contribution in [3.05, 3.63) is 23.2 Å². The molecule has 0 atom stereocenters. The molecule has 21 heavy (non-hydrogen) atoms. The molecule has 1 aromatic heterocycles. The molecular formula is C18H32N2O. The van der Waals surface area contributed by atoms with E-state index in [9.17, 15) is 0 Å². The van der Waals surface area contributed by atoms with Crippen molar-refractivity contribution < 1.29 is 4.42 Å². The lowest BCUT2D eigenvalue weighted by Crippen LogP contribution is -2.34. The molecule has 1 N–H and O–H groups in total. The van der Waals surface area contributed by atoms with Gasteiger partial charge in [0.2, 0.25) is 0 Å². The zero-order valence-electron chi connectivity index (χ0n) is 14.2. The zero-order chi connectivity index (χ0) is 15.2. The van der Waals surface area contributed by atoms with Gasteiger partial charge in [-0.05, 0) is 51.8 Å². The van der Waals surface area contributed by atoms with Crippen LogP contribution in [0.15, 0.2) is 10.5 Å². The average molecular weight is 292 g/mol. The van der Waals surface area contributed by atoms with E-state index in [2.05, 4.69) is 37.1 Å². The lowest BCUT2D eigenvalue weighted by molar-refractivity contribution is 0.178. The Labute approximate surface area is 130 Å². The van der Waals surface area contributed by atoms with Gasteiger partial charge in [0.15, 0.2) is 0 Å². The summed E-state index contributed by atoms with van der Waals surface area (Å²) in [6, 6.07) is 3.02. The topological polar surface area (TPSA) is 28.4 Å².